The number of aryl methyl sites for hydroxylation is 2. The quantitative estimate of drug-likeness (QED) is 0.127. The molecule has 0 aromatic heterocycles. The summed E-state index contributed by atoms with van der Waals surface area (Å²) in [5.74, 6) is 0. The lowest BCUT2D eigenvalue weighted by Gasteiger charge is -2.15. The van der Waals surface area contributed by atoms with Gasteiger partial charge in [0.15, 0.2) is 0 Å². The van der Waals surface area contributed by atoms with Crippen LogP contribution in [0.1, 0.15) is 23.6 Å². The molecular formula is C49H38. The number of rotatable bonds is 6. The highest BCUT2D eigenvalue weighted by molar-refractivity contribution is 6.12. The van der Waals surface area contributed by atoms with Gasteiger partial charge in [-0.25, -0.2) is 0 Å². The summed E-state index contributed by atoms with van der Waals surface area (Å²) >= 11 is 0. The second kappa shape index (κ2) is 12.9. The number of allylic oxidation sites excluding steroid dienone is 3. The lowest BCUT2D eigenvalue weighted by atomic mass is 9.89. The van der Waals surface area contributed by atoms with Crippen molar-refractivity contribution in [2.24, 2.45) is 0 Å². The first-order valence-electron chi connectivity index (χ1n) is 17.1. The van der Waals surface area contributed by atoms with Crippen LogP contribution in [-0.2, 0) is 0 Å². The van der Waals surface area contributed by atoms with Crippen LogP contribution in [0.5, 0.6) is 0 Å². The van der Waals surface area contributed by atoms with Crippen molar-refractivity contribution in [2.75, 3.05) is 0 Å². The van der Waals surface area contributed by atoms with Crippen LogP contribution in [0.4, 0.5) is 0 Å². The summed E-state index contributed by atoms with van der Waals surface area (Å²) in [7, 11) is 0. The van der Waals surface area contributed by atoms with Crippen molar-refractivity contribution >= 4 is 38.4 Å². The summed E-state index contributed by atoms with van der Waals surface area (Å²) in [5, 5.41) is 7.69. The Morgan fingerprint density at radius 1 is 0.408 bits per heavy atom. The van der Waals surface area contributed by atoms with Crippen molar-refractivity contribution < 1.29 is 0 Å². The van der Waals surface area contributed by atoms with Crippen LogP contribution in [0, 0.1) is 13.8 Å². The molecule has 0 fully saturated rings. The smallest absolute Gasteiger partial charge is 0.00697 e. The molecular weight excluding hydrogens is 589 g/mol. The number of benzene rings is 8. The molecule has 0 amide bonds. The van der Waals surface area contributed by atoms with E-state index in [2.05, 4.69) is 184 Å². The number of hydrogen-bond donors (Lipinski definition) is 0. The van der Waals surface area contributed by atoms with Crippen molar-refractivity contribution in [3.8, 4) is 44.5 Å². The normalized spacial score (nSPS) is 11.8. The lowest BCUT2D eigenvalue weighted by molar-refractivity contribution is 1.43. The van der Waals surface area contributed by atoms with Crippen molar-refractivity contribution in [2.45, 2.75) is 20.8 Å². The highest BCUT2D eigenvalue weighted by Gasteiger charge is 2.12. The van der Waals surface area contributed by atoms with E-state index in [9.17, 15) is 0 Å². The summed E-state index contributed by atoms with van der Waals surface area (Å²) in [6.07, 6.45) is 8.29. The Balaban J connectivity index is 1.09. The molecule has 0 atom stereocenters. The van der Waals surface area contributed by atoms with Gasteiger partial charge in [-0.15, -0.1) is 0 Å². The topological polar surface area (TPSA) is 0 Å². The average molecular weight is 627 g/mol. The van der Waals surface area contributed by atoms with E-state index >= 15 is 0 Å². The van der Waals surface area contributed by atoms with Crippen LogP contribution in [0.25, 0.3) is 82.9 Å². The maximum absolute atomic E-state index is 2.38. The molecule has 0 saturated heterocycles. The van der Waals surface area contributed by atoms with Crippen molar-refractivity contribution in [3.05, 3.63) is 187 Å². The van der Waals surface area contributed by atoms with Crippen LogP contribution in [0.15, 0.2) is 170 Å². The van der Waals surface area contributed by atoms with E-state index in [0.29, 0.717) is 0 Å². The monoisotopic (exact) mass is 626 g/mol. The van der Waals surface area contributed by atoms with Gasteiger partial charge < -0.3 is 0 Å². The van der Waals surface area contributed by atoms with Gasteiger partial charge >= 0.3 is 0 Å². The Kier molecular flexibility index (Phi) is 8.00. The third kappa shape index (κ3) is 5.88. The Morgan fingerprint density at radius 3 is 1.55 bits per heavy atom. The molecule has 0 spiro atoms. The third-order valence-electron chi connectivity index (χ3n) is 9.93. The van der Waals surface area contributed by atoms with E-state index < -0.39 is 0 Å². The number of fused-ring (bicyclic) bond motifs is 4. The molecule has 0 radical (unpaired) electrons. The SMILES string of the molecule is C/C=C\C=C/c1ccc(-c2ccc3cc(-c4ccc(-c5ccc6ccc7ccc(-c8ccccc8C)c(C)c7c6c5)cc4)ccc3c2)cc1. The summed E-state index contributed by atoms with van der Waals surface area (Å²) in [6, 6.07) is 56.0. The zero-order chi connectivity index (χ0) is 33.3. The molecule has 8 aromatic carbocycles. The molecule has 0 nitrogen and oxygen atoms in total. The first-order chi connectivity index (χ1) is 24.1. The fourth-order valence-corrected chi connectivity index (χ4v) is 7.20. The molecule has 0 heteroatoms. The van der Waals surface area contributed by atoms with Gasteiger partial charge in [0.2, 0.25) is 0 Å². The maximum atomic E-state index is 2.38. The molecule has 234 valence electrons. The summed E-state index contributed by atoms with van der Waals surface area (Å²) in [4.78, 5) is 0. The molecule has 8 rings (SSSR count). The van der Waals surface area contributed by atoms with Gasteiger partial charge in [0.1, 0.15) is 0 Å². The van der Waals surface area contributed by atoms with E-state index in [1.807, 2.05) is 13.0 Å². The Labute approximate surface area is 289 Å². The minimum atomic E-state index is 1.20. The Morgan fingerprint density at radius 2 is 0.918 bits per heavy atom. The van der Waals surface area contributed by atoms with Gasteiger partial charge in [-0.3, -0.25) is 0 Å². The van der Waals surface area contributed by atoms with Crippen LogP contribution in [0.3, 0.4) is 0 Å². The minimum absolute atomic E-state index is 1.20. The maximum Gasteiger partial charge on any atom is -0.00697 e. The predicted octanol–water partition coefficient (Wildman–Crippen LogP) is 14.0. The first-order valence-corrected chi connectivity index (χ1v) is 17.1. The molecule has 49 heavy (non-hydrogen) atoms. The van der Waals surface area contributed by atoms with E-state index in [0.717, 1.165) is 0 Å². The van der Waals surface area contributed by atoms with Crippen molar-refractivity contribution in [3.63, 3.8) is 0 Å². The molecule has 0 unspecified atom stereocenters. The molecule has 0 bridgehead atoms. The second-order valence-corrected chi connectivity index (χ2v) is 13.0. The lowest BCUT2D eigenvalue weighted by Crippen LogP contribution is -1.90. The molecule has 0 aliphatic rings. The summed E-state index contributed by atoms with van der Waals surface area (Å²) in [6.45, 7) is 6.50. The van der Waals surface area contributed by atoms with Gasteiger partial charge in [0.05, 0.1) is 0 Å². The molecule has 0 heterocycles. The van der Waals surface area contributed by atoms with E-state index in [1.54, 1.807) is 0 Å². The highest BCUT2D eigenvalue weighted by Crippen LogP contribution is 2.38. The third-order valence-corrected chi connectivity index (χ3v) is 9.93. The number of hydrogen-bond acceptors (Lipinski definition) is 0. The largest absolute Gasteiger partial charge is 0.0877 e. The molecule has 0 saturated carbocycles. The van der Waals surface area contributed by atoms with Crippen LogP contribution in [-0.4, -0.2) is 0 Å². The molecule has 8 aromatic rings. The van der Waals surface area contributed by atoms with Crippen LogP contribution in [0.2, 0.25) is 0 Å². The van der Waals surface area contributed by atoms with Gasteiger partial charge in [-0.05, 0) is 132 Å². The van der Waals surface area contributed by atoms with Crippen LogP contribution >= 0.6 is 0 Å². The summed E-state index contributed by atoms with van der Waals surface area (Å²) < 4.78 is 0. The molecule has 0 aliphatic carbocycles. The van der Waals surface area contributed by atoms with Crippen molar-refractivity contribution in [1.82, 2.24) is 0 Å². The average Bonchev–Trinajstić information content (AvgIpc) is 3.15. The molecule has 0 aliphatic heterocycles. The van der Waals surface area contributed by atoms with Crippen molar-refractivity contribution in [1.29, 1.82) is 0 Å². The standard InChI is InChI=1S/C49H38/c1-4-5-6-10-35-12-14-36(15-13-35)41-24-26-44-31-42(25-27-43(44)30-41)37-16-18-38(19-17-37)45-23-21-39-20-22-40-28-29-47(34(3)49(40)48(39)32-45)46-11-8-7-9-33(46)2/h4-32H,1-3H3/b5-4-,10-6-. The predicted molar refractivity (Wildman–Crippen MR) is 214 cm³/mol. The fourth-order valence-electron chi connectivity index (χ4n) is 7.20. The first kappa shape index (κ1) is 30.4. The second-order valence-electron chi connectivity index (χ2n) is 13.0. The highest BCUT2D eigenvalue weighted by atomic mass is 14.2. The van der Waals surface area contributed by atoms with E-state index in [4.69, 9.17) is 0 Å². The van der Waals surface area contributed by atoms with Crippen LogP contribution < -0.4 is 0 Å². The Hall–Kier alpha value is -5.98. The van der Waals surface area contributed by atoms with Gasteiger partial charge in [0.25, 0.3) is 0 Å². The zero-order valence-electron chi connectivity index (χ0n) is 28.2. The van der Waals surface area contributed by atoms with Gasteiger partial charge in [-0.2, -0.15) is 0 Å². The summed E-state index contributed by atoms with van der Waals surface area (Å²) in [5.41, 5.74) is 13.8. The Bertz CT molecular complexity index is 2540. The van der Waals surface area contributed by atoms with Gasteiger partial charge in [0, 0.05) is 0 Å². The zero-order valence-corrected chi connectivity index (χ0v) is 28.2. The minimum Gasteiger partial charge on any atom is -0.0877 e. The van der Waals surface area contributed by atoms with Gasteiger partial charge in [-0.1, -0.05) is 158 Å². The fraction of sp³-hybridized carbons (Fsp3) is 0.0612. The van der Waals surface area contributed by atoms with E-state index in [-0.39, 0.29) is 0 Å². The molecule has 0 N–H and O–H groups in total. The van der Waals surface area contributed by atoms with E-state index in [1.165, 1.54) is 93.5 Å².